The van der Waals surface area contributed by atoms with E-state index in [1.165, 1.54) is 17.2 Å². The number of carbonyl (C=O) groups is 1. The SMILES string of the molecule is [CH2][C@H]1O[C@@H](n2cnc3c(NC(=O)c4ccccc4)ncnc32)[C@@H](F)[C@@H]1O. The molecule has 1 saturated heterocycles. The lowest BCUT2D eigenvalue weighted by molar-refractivity contribution is -0.00284. The van der Waals surface area contributed by atoms with Gasteiger partial charge in [0.2, 0.25) is 0 Å². The highest BCUT2D eigenvalue weighted by atomic mass is 19.1. The fourth-order valence-electron chi connectivity index (χ4n) is 2.83. The van der Waals surface area contributed by atoms with E-state index in [1.807, 2.05) is 0 Å². The third-order valence-corrected chi connectivity index (χ3v) is 4.19. The quantitative estimate of drug-likeness (QED) is 0.737. The number of hydrogen-bond donors (Lipinski definition) is 2. The number of aliphatic hydroxyl groups excluding tert-OH is 1. The van der Waals surface area contributed by atoms with Crippen LogP contribution in [0.15, 0.2) is 43.0 Å². The number of amides is 1. The number of aliphatic hydroxyl groups is 1. The molecule has 1 aliphatic heterocycles. The van der Waals surface area contributed by atoms with Crippen LogP contribution in [0, 0.1) is 6.92 Å². The molecular formula is C17H15FN5O3. The molecule has 0 aliphatic carbocycles. The summed E-state index contributed by atoms with van der Waals surface area (Å²) in [6.07, 6.45) is -2.44. The Labute approximate surface area is 147 Å². The smallest absolute Gasteiger partial charge is 0.256 e. The number of ether oxygens (including phenoxy) is 1. The minimum absolute atomic E-state index is 0.197. The molecule has 1 aromatic carbocycles. The number of aromatic nitrogens is 4. The van der Waals surface area contributed by atoms with Gasteiger partial charge in [0.05, 0.1) is 12.4 Å². The van der Waals surface area contributed by atoms with Gasteiger partial charge < -0.3 is 15.2 Å². The first-order valence-corrected chi connectivity index (χ1v) is 7.91. The Bertz CT molecular complexity index is 948. The first-order valence-electron chi connectivity index (χ1n) is 7.91. The molecule has 1 amide bonds. The van der Waals surface area contributed by atoms with Crippen molar-refractivity contribution >= 4 is 22.9 Å². The van der Waals surface area contributed by atoms with E-state index in [-0.39, 0.29) is 22.9 Å². The van der Waals surface area contributed by atoms with Gasteiger partial charge in [0.15, 0.2) is 29.4 Å². The van der Waals surface area contributed by atoms with Crippen molar-refractivity contribution in [1.82, 2.24) is 19.5 Å². The summed E-state index contributed by atoms with van der Waals surface area (Å²) in [4.78, 5) is 24.6. The van der Waals surface area contributed by atoms with Crippen molar-refractivity contribution in [1.29, 1.82) is 0 Å². The van der Waals surface area contributed by atoms with E-state index >= 15 is 0 Å². The zero-order valence-electron chi connectivity index (χ0n) is 13.5. The number of fused-ring (bicyclic) bond motifs is 1. The van der Waals surface area contributed by atoms with E-state index in [1.54, 1.807) is 30.3 Å². The average Bonchev–Trinajstić information content (AvgIpc) is 3.20. The third kappa shape index (κ3) is 2.71. The summed E-state index contributed by atoms with van der Waals surface area (Å²) in [6.45, 7) is 3.56. The van der Waals surface area contributed by atoms with Gasteiger partial charge in [-0.1, -0.05) is 18.2 Å². The standard InChI is InChI=1S/C17H15FN5O3/c1-9-13(24)11(18)17(26-9)23-8-21-12-14(19-7-20-15(12)23)22-16(25)10-5-3-2-4-6-10/h2-9,11,13,17,24H,1H2,(H,19,20,22,25)/t9-,11+,13-,17-/m1/s1. The van der Waals surface area contributed by atoms with E-state index in [2.05, 4.69) is 27.2 Å². The second-order valence-electron chi connectivity index (χ2n) is 5.87. The number of anilines is 1. The van der Waals surface area contributed by atoms with E-state index in [4.69, 9.17) is 4.74 Å². The fraction of sp³-hybridized carbons (Fsp3) is 0.235. The number of nitrogens with one attached hydrogen (secondary N) is 1. The lowest BCUT2D eigenvalue weighted by Crippen LogP contribution is -2.26. The summed E-state index contributed by atoms with van der Waals surface area (Å²) >= 11 is 0. The molecule has 3 heterocycles. The number of rotatable bonds is 3. The number of imidazole rings is 1. The molecule has 9 heteroatoms. The summed E-state index contributed by atoms with van der Waals surface area (Å²) in [5.74, 6) is -0.156. The Morgan fingerprint density at radius 3 is 2.73 bits per heavy atom. The van der Waals surface area contributed by atoms with Crippen molar-refractivity contribution < 1.29 is 19.0 Å². The maximum atomic E-state index is 14.3. The summed E-state index contributed by atoms with van der Waals surface area (Å²) in [6, 6.07) is 8.64. The number of halogens is 1. The molecule has 0 spiro atoms. The van der Waals surface area contributed by atoms with Gasteiger partial charge in [-0.3, -0.25) is 9.36 Å². The molecule has 133 valence electrons. The van der Waals surface area contributed by atoms with Gasteiger partial charge >= 0.3 is 0 Å². The van der Waals surface area contributed by atoms with Crippen LogP contribution in [0.1, 0.15) is 16.6 Å². The summed E-state index contributed by atoms with van der Waals surface area (Å²) in [5.41, 5.74) is 1.02. The molecule has 2 N–H and O–H groups in total. The van der Waals surface area contributed by atoms with Crippen molar-refractivity contribution in [2.24, 2.45) is 0 Å². The lowest BCUT2D eigenvalue weighted by atomic mass is 10.2. The van der Waals surface area contributed by atoms with Crippen LogP contribution >= 0.6 is 0 Å². The lowest BCUT2D eigenvalue weighted by Gasteiger charge is -2.14. The van der Waals surface area contributed by atoms with Gasteiger partial charge in [-0.2, -0.15) is 0 Å². The number of alkyl halides is 1. The van der Waals surface area contributed by atoms with Gasteiger partial charge in [-0.25, -0.2) is 19.3 Å². The summed E-state index contributed by atoms with van der Waals surface area (Å²) < 4.78 is 21.0. The number of carbonyl (C=O) groups excluding carboxylic acids is 1. The van der Waals surface area contributed by atoms with E-state index in [0.29, 0.717) is 5.56 Å². The molecule has 1 aliphatic rings. The minimum Gasteiger partial charge on any atom is -0.387 e. The average molecular weight is 356 g/mol. The van der Waals surface area contributed by atoms with E-state index < -0.39 is 24.6 Å². The Kier molecular flexibility index (Phi) is 4.09. The number of nitrogens with zero attached hydrogens (tertiary/aromatic N) is 4. The molecule has 8 nitrogen and oxygen atoms in total. The van der Waals surface area contributed by atoms with Crippen molar-refractivity contribution in [3.8, 4) is 0 Å². The molecule has 3 aromatic rings. The molecule has 1 radical (unpaired) electrons. The van der Waals surface area contributed by atoms with Gasteiger partial charge in [-0.05, 0) is 19.1 Å². The first-order chi connectivity index (χ1) is 12.6. The molecule has 4 atom stereocenters. The molecule has 4 rings (SSSR count). The van der Waals surface area contributed by atoms with E-state index in [9.17, 15) is 14.3 Å². The maximum absolute atomic E-state index is 14.3. The summed E-state index contributed by atoms with van der Waals surface area (Å²) in [5, 5.41) is 12.4. The zero-order chi connectivity index (χ0) is 18.3. The fourth-order valence-corrected chi connectivity index (χ4v) is 2.83. The summed E-state index contributed by atoms with van der Waals surface area (Å²) in [7, 11) is 0. The number of hydrogen-bond acceptors (Lipinski definition) is 6. The monoisotopic (exact) mass is 356 g/mol. The van der Waals surface area contributed by atoms with Crippen LogP contribution in [0.5, 0.6) is 0 Å². The van der Waals surface area contributed by atoms with Gasteiger partial charge in [0.25, 0.3) is 5.91 Å². The molecule has 2 aromatic heterocycles. The molecule has 0 unspecified atom stereocenters. The molecular weight excluding hydrogens is 341 g/mol. The van der Waals surface area contributed by atoms with Crippen LogP contribution < -0.4 is 5.32 Å². The minimum atomic E-state index is -1.67. The van der Waals surface area contributed by atoms with Crippen LogP contribution in [0.25, 0.3) is 11.2 Å². The number of benzene rings is 1. The highest BCUT2D eigenvalue weighted by molar-refractivity contribution is 6.06. The zero-order valence-corrected chi connectivity index (χ0v) is 13.5. The maximum Gasteiger partial charge on any atom is 0.256 e. The second-order valence-corrected chi connectivity index (χ2v) is 5.87. The molecule has 26 heavy (non-hydrogen) atoms. The van der Waals surface area contributed by atoms with Crippen molar-refractivity contribution in [2.75, 3.05) is 5.32 Å². The Morgan fingerprint density at radius 1 is 1.27 bits per heavy atom. The molecule has 0 saturated carbocycles. The molecule has 1 fully saturated rings. The van der Waals surface area contributed by atoms with Crippen LogP contribution in [0.4, 0.5) is 10.2 Å². The van der Waals surface area contributed by atoms with Crippen LogP contribution in [0.2, 0.25) is 0 Å². The highest BCUT2D eigenvalue weighted by Gasteiger charge is 2.43. The highest BCUT2D eigenvalue weighted by Crippen LogP contribution is 2.33. The Balaban J connectivity index is 1.67. The Morgan fingerprint density at radius 2 is 2.04 bits per heavy atom. The topological polar surface area (TPSA) is 102 Å². The Hall–Kier alpha value is -2.91. The van der Waals surface area contributed by atoms with Gasteiger partial charge in [0, 0.05) is 5.56 Å². The predicted octanol–water partition coefficient (Wildman–Crippen LogP) is 1.51. The van der Waals surface area contributed by atoms with Crippen molar-refractivity contribution in [2.45, 2.75) is 24.6 Å². The first kappa shape index (κ1) is 16.6. The van der Waals surface area contributed by atoms with Crippen molar-refractivity contribution in [3.05, 3.63) is 55.5 Å². The van der Waals surface area contributed by atoms with Gasteiger partial charge in [-0.15, -0.1) is 0 Å². The molecule has 0 bridgehead atoms. The largest absolute Gasteiger partial charge is 0.387 e. The van der Waals surface area contributed by atoms with E-state index in [0.717, 1.165) is 0 Å². The van der Waals surface area contributed by atoms with Crippen LogP contribution in [0.3, 0.4) is 0 Å². The van der Waals surface area contributed by atoms with Crippen LogP contribution in [-0.2, 0) is 4.74 Å². The van der Waals surface area contributed by atoms with Crippen molar-refractivity contribution in [3.63, 3.8) is 0 Å². The normalized spacial score (nSPS) is 25.5. The third-order valence-electron chi connectivity index (χ3n) is 4.19. The van der Waals surface area contributed by atoms with Gasteiger partial charge in [0.1, 0.15) is 12.4 Å². The van der Waals surface area contributed by atoms with Crippen LogP contribution in [-0.4, -0.2) is 48.9 Å². The predicted molar refractivity (Wildman–Crippen MR) is 89.9 cm³/mol. The second kappa shape index (κ2) is 6.43.